The van der Waals surface area contributed by atoms with Crippen LogP contribution in [0.15, 0.2) is 45.9 Å². The van der Waals surface area contributed by atoms with Crippen LogP contribution < -0.4 is 5.32 Å². The van der Waals surface area contributed by atoms with Gasteiger partial charge in [0, 0.05) is 13.1 Å². The Labute approximate surface area is 133 Å². The Morgan fingerprint density at radius 3 is 2.61 bits per heavy atom. The van der Waals surface area contributed by atoms with Gasteiger partial charge < -0.3 is 14.8 Å². The van der Waals surface area contributed by atoms with Crippen molar-refractivity contribution in [1.29, 1.82) is 0 Å². The molecule has 2 aromatic rings. The Hall–Kier alpha value is -2.32. The third kappa shape index (κ3) is 3.08. The van der Waals surface area contributed by atoms with E-state index in [1.54, 1.807) is 6.07 Å². The third-order valence-corrected chi connectivity index (χ3v) is 5.56. The van der Waals surface area contributed by atoms with Crippen LogP contribution in [0.4, 0.5) is 5.69 Å². The highest BCUT2D eigenvalue weighted by atomic mass is 32.2. The van der Waals surface area contributed by atoms with Crippen molar-refractivity contribution >= 4 is 21.6 Å². The third-order valence-electron chi connectivity index (χ3n) is 3.66. The minimum atomic E-state index is -3.62. The first-order valence-electron chi connectivity index (χ1n) is 7.16. The number of aromatic hydroxyl groups is 1. The number of sulfonamides is 1. The van der Waals surface area contributed by atoms with E-state index in [1.807, 2.05) is 0 Å². The normalized spacial score (nSPS) is 15.7. The highest BCUT2D eigenvalue weighted by Gasteiger charge is 2.28. The minimum Gasteiger partial charge on any atom is -0.506 e. The highest BCUT2D eigenvalue weighted by molar-refractivity contribution is 7.89. The van der Waals surface area contributed by atoms with Gasteiger partial charge in [0.2, 0.25) is 10.0 Å². The first-order chi connectivity index (χ1) is 11.0. The molecule has 0 saturated carbocycles. The van der Waals surface area contributed by atoms with Crippen LogP contribution in [0.2, 0.25) is 0 Å². The molecule has 1 aliphatic heterocycles. The molecule has 3 rings (SSSR count). The summed E-state index contributed by atoms with van der Waals surface area (Å²) < 4.78 is 31.4. The van der Waals surface area contributed by atoms with E-state index in [1.165, 1.54) is 34.8 Å². The lowest BCUT2D eigenvalue weighted by molar-refractivity contribution is 0.0996. The SMILES string of the molecule is O=C(Nc1cc(S(=O)(=O)N2CCCC2)ccc1O)c1ccco1. The summed E-state index contributed by atoms with van der Waals surface area (Å²) in [7, 11) is -3.62. The van der Waals surface area contributed by atoms with Gasteiger partial charge in [-0.15, -0.1) is 0 Å². The fraction of sp³-hybridized carbons (Fsp3) is 0.267. The summed E-state index contributed by atoms with van der Waals surface area (Å²) in [6, 6.07) is 6.86. The van der Waals surface area contributed by atoms with Crippen LogP contribution in [0.5, 0.6) is 5.75 Å². The van der Waals surface area contributed by atoms with Crippen molar-refractivity contribution in [3.8, 4) is 5.75 Å². The van der Waals surface area contributed by atoms with Crippen LogP contribution in [0, 0.1) is 0 Å². The summed E-state index contributed by atoms with van der Waals surface area (Å²) in [5.41, 5.74) is 0.0201. The van der Waals surface area contributed by atoms with Gasteiger partial charge in [-0.25, -0.2) is 8.42 Å². The second-order valence-corrected chi connectivity index (χ2v) is 7.16. The van der Waals surface area contributed by atoms with Crippen LogP contribution in [0.1, 0.15) is 23.4 Å². The maximum atomic E-state index is 12.5. The van der Waals surface area contributed by atoms with E-state index >= 15 is 0 Å². The molecule has 1 aromatic heterocycles. The van der Waals surface area contributed by atoms with E-state index in [9.17, 15) is 18.3 Å². The average Bonchev–Trinajstić information content (AvgIpc) is 3.23. The predicted molar refractivity (Wildman–Crippen MR) is 82.8 cm³/mol. The van der Waals surface area contributed by atoms with Crippen molar-refractivity contribution in [1.82, 2.24) is 4.31 Å². The molecule has 1 amide bonds. The maximum absolute atomic E-state index is 12.5. The Morgan fingerprint density at radius 2 is 1.96 bits per heavy atom. The molecule has 0 bridgehead atoms. The molecule has 0 spiro atoms. The summed E-state index contributed by atoms with van der Waals surface area (Å²) >= 11 is 0. The number of amides is 1. The van der Waals surface area contributed by atoms with Gasteiger partial charge in [-0.3, -0.25) is 4.79 Å². The van der Waals surface area contributed by atoms with Crippen LogP contribution in [-0.2, 0) is 10.0 Å². The molecule has 2 heterocycles. The molecule has 8 heteroatoms. The zero-order valence-electron chi connectivity index (χ0n) is 12.2. The van der Waals surface area contributed by atoms with E-state index in [0.717, 1.165) is 12.8 Å². The topological polar surface area (TPSA) is 99.9 Å². The lowest BCUT2D eigenvalue weighted by Gasteiger charge is -2.16. The fourth-order valence-corrected chi connectivity index (χ4v) is 3.99. The number of anilines is 1. The number of furan rings is 1. The lowest BCUT2D eigenvalue weighted by atomic mass is 10.3. The van der Waals surface area contributed by atoms with Crippen molar-refractivity contribution < 1.29 is 22.7 Å². The summed E-state index contributed by atoms with van der Waals surface area (Å²) in [5, 5.41) is 12.3. The monoisotopic (exact) mass is 336 g/mol. The van der Waals surface area contributed by atoms with Gasteiger partial charge in [0.15, 0.2) is 5.76 Å². The number of hydrogen-bond donors (Lipinski definition) is 2. The Kier molecular flexibility index (Phi) is 4.10. The standard InChI is InChI=1S/C15H16N2O5S/c18-13-6-5-11(23(20,21)17-7-1-2-8-17)10-12(13)16-15(19)14-4-3-9-22-14/h3-6,9-10,18H,1-2,7-8H2,(H,16,19). The number of phenolic OH excluding ortho intramolecular Hbond substituents is 1. The quantitative estimate of drug-likeness (QED) is 0.832. The van der Waals surface area contributed by atoms with Crippen LogP contribution in [0.3, 0.4) is 0 Å². The van der Waals surface area contributed by atoms with E-state index in [2.05, 4.69) is 5.32 Å². The molecule has 23 heavy (non-hydrogen) atoms. The first kappa shape index (κ1) is 15.6. The van der Waals surface area contributed by atoms with E-state index in [4.69, 9.17) is 4.42 Å². The Balaban J connectivity index is 1.88. The number of benzene rings is 1. The second kappa shape index (κ2) is 6.05. The van der Waals surface area contributed by atoms with Gasteiger partial charge in [0.05, 0.1) is 16.8 Å². The van der Waals surface area contributed by atoms with Crippen LogP contribution in [-0.4, -0.2) is 36.8 Å². The van der Waals surface area contributed by atoms with Crippen molar-refractivity contribution in [3.05, 3.63) is 42.4 Å². The second-order valence-electron chi connectivity index (χ2n) is 5.22. The molecule has 2 N–H and O–H groups in total. The van der Waals surface area contributed by atoms with E-state index in [0.29, 0.717) is 13.1 Å². The largest absolute Gasteiger partial charge is 0.506 e. The summed E-state index contributed by atoms with van der Waals surface area (Å²) in [4.78, 5) is 12.0. The highest BCUT2D eigenvalue weighted by Crippen LogP contribution is 2.29. The van der Waals surface area contributed by atoms with Crippen molar-refractivity contribution in [2.24, 2.45) is 0 Å². The molecule has 7 nitrogen and oxygen atoms in total. The molecule has 1 aliphatic rings. The van der Waals surface area contributed by atoms with Crippen LogP contribution >= 0.6 is 0 Å². The number of phenols is 1. The molecular formula is C15H16N2O5S. The van der Waals surface area contributed by atoms with Gasteiger partial charge in [-0.1, -0.05) is 0 Å². The average molecular weight is 336 g/mol. The van der Waals surface area contributed by atoms with Gasteiger partial charge in [-0.05, 0) is 43.2 Å². The van der Waals surface area contributed by atoms with Gasteiger partial charge in [-0.2, -0.15) is 4.31 Å². The molecule has 1 fully saturated rings. The molecule has 1 aromatic carbocycles. The van der Waals surface area contributed by atoms with E-state index in [-0.39, 0.29) is 22.1 Å². The zero-order chi connectivity index (χ0) is 16.4. The lowest BCUT2D eigenvalue weighted by Crippen LogP contribution is -2.27. The minimum absolute atomic E-state index is 0.0201. The van der Waals surface area contributed by atoms with Crippen molar-refractivity contribution in [3.63, 3.8) is 0 Å². The summed E-state index contributed by atoms with van der Waals surface area (Å²) in [6.07, 6.45) is 3.02. The number of carbonyl (C=O) groups is 1. The first-order valence-corrected chi connectivity index (χ1v) is 8.60. The van der Waals surface area contributed by atoms with E-state index < -0.39 is 15.9 Å². The molecule has 0 radical (unpaired) electrons. The molecule has 1 saturated heterocycles. The predicted octanol–water partition coefficient (Wildman–Crippen LogP) is 2.02. The number of hydrogen-bond acceptors (Lipinski definition) is 5. The molecular weight excluding hydrogens is 320 g/mol. The van der Waals surface area contributed by atoms with Crippen molar-refractivity contribution in [2.75, 3.05) is 18.4 Å². The Morgan fingerprint density at radius 1 is 1.22 bits per heavy atom. The maximum Gasteiger partial charge on any atom is 0.291 e. The smallest absolute Gasteiger partial charge is 0.291 e. The van der Waals surface area contributed by atoms with Gasteiger partial charge in [0.25, 0.3) is 5.91 Å². The molecule has 0 aliphatic carbocycles. The Bertz CT molecular complexity index is 808. The summed E-state index contributed by atoms with van der Waals surface area (Å²) in [6.45, 7) is 0.967. The number of nitrogens with one attached hydrogen (secondary N) is 1. The molecule has 122 valence electrons. The molecule has 0 atom stereocenters. The number of carbonyl (C=O) groups excluding carboxylic acids is 1. The van der Waals surface area contributed by atoms with Gasteiger partial charge >= 0.3 is 0 Å². The summed E-state index contributed by atoms with van der Waals surface area (Å²) in [5.74, 6) is -0.719. The molecule has 0 unspecified atom stereocenters. The van der Waals surface area contributed by atoms with Gasteiger partial charge in [0.1, 0.15) is 5.75 Å². The number of rotatable bonds is 4. The van der Waals surface area contributed by atoms with Crippen molar-refractivity contribution in [2.45, 2.75) is 17.7 Å². The fourth-order valence-electron chi connectivity index (χ4n) is 2.44. The van der Waals surface area contributed by atoms with Crippen LogP contribution in [0.25, 0.3) is 0 Å². The zero-order valence-corrected chi connectivity index (χ0v) is 13.0. The number of nitrogens with zero attached hydrogens (tertiary/aromatic N) is 1.